The molecule has 7 nitrogen and oxygen atoms in total. The Morgan fingerprint density at radius 2 is 1.88 bits per heavy atom. The van der Waals surface area contributed by atoms with Crippen LogP contribution in [0.25, 0.3) is 6.08 Å². The Hall–Kier alpha value is -3.39. The van der Waals surface area contributed by atoms with Gasteiger partial charge < -0.3 is 14.1 Å². The molecule has 1 saturated heterocycles. The number of thiazole rings is 1. The van der Waals surface area contributed by atoms with Gasteiger partial charge in [0.1, 0.15) is 5.76 Å². The number of carbonyl (C=O) groups excluding carboxylic acids is 1. The Balaban J connectivity index is 1.61. The molecule has 2 aromatic heterocycles. The SMILES string of the molecule is CCCC1=C(C(=O)OCC)[C@H](c2ccc(C(C)C)cc2)n2c(s/c(=C/c3ccc(N4CCC(C)CC4)o3)c2=O)=N1. The quantitative estimate of drug-likeness (QED) is 0.338. The number of benzene rings is 1. The van der Waals surface area contributed by atoms with Crippen molar-refractivity contribution in [2.75, 3.05) is 24.6 Å². The topological polar surface area (TPSA) is 77.0 Å². The number of fused-ring (bicyclic) bond motifs is 1. The maximum Gasteiger partial charge on any atom is 0.338 e. The monoisotopic (exact) mass is 561 g/mol. The van der Waals surface area contributed by atoms with E-state index in [0.29, 0.717) is 38.7 Å². The van der Waals surface area contributed by atoms with E-state index in [1.165, 1.54) is 16.9 Å². The van der Waals surface area contributed by atoms with E-state index in [2.05, 4.69) is 44.7 Å². The lowest BCUT2D eigenvalue weighted by Crippen LogP contribution is -2.40. The Kier molecular flexibility index (Phi) is 8.45. The molecule has 0 unspecified atom stereocenters. The van der Waals surface area contributed by atoms with Crippen molar-refractivity contribution >= 4 is 29.3 Å². The molecule has 2 aliphatic heterocycles. The van der Waals surface area contributed by atoms with Crippen LogP contribution in [0.1, 0.15) is 89.1 Å². The lowest BCUT2D eigenvalue weighted by atomic mass is 9.92. The number of hydrogen-bond donors (Lipinski definition) is 0. The summed E-state index contributed by atoms with van der Waals surface area (Å²) in [5.74, 6) is 2.16. The number of anilines is 1. The third-order valence-electron chi connectivity index (χ3n) is 7.79. The number of ether oxygens (including phenoxy) is 1. The van der Waals surface area contributed by atoms with Crippen molar-refractivity contribution in [1.29, 1.82) is 0 Å². The van der Waals surface area contributed by atoms with Crippen LogP contribution in [-0.2, 0) is 9.53 Å². The van der Waals surface area contributed by atoms with Crippen molar-refractivity contribution in [2.24, 2.45) is 10.9 Å². The Morgan fingerprint density at radius 1 is 1.15 bits per heavy atom. The number of esters is 1. The minimum Gasteiger partial charge on any atom is -0.463 e. The first-order chi connectivity index (χ1) is 19.3. The number of hydrogen-bond acceptors (Lipinski definition) is 7. The fourth-order valence-corrected chi connectivity index (χ4v) is 6.45. The summed E-state index contributed by atoms with van der Waals surface area (Å²) in [7, 11) is 0. The molecule has 0 aliphatic carbocycles. The number of nitrogens with zero attached hydrogens (tertiary/aromatic N) is 3. The molecule has 1 aromatic carbocycles. The molecule has 0 amide bonds. The van der Waals surface area contributed by atoms with Gasteiger partial charge in [-0.3, -0.25) is 9.36 Å². The summed E-state index contributed by atoms with van der Waals surface area (Å²) in [6.45, 7) is 12.6. The number of furan rings is 1. The van der Waals surface area contributed by atoms with Crippen LogP contribution in [0.2, 0.25) is 0 Å². The normalized spacial score (nSPS) is 18.3. The second-order valence-corrected chi connectivity index (χ2v) is 12.1. The molecule has 1 atom stereocenters. The van der Waals surface area contributed by atoms with Gasteiger partial charge in [-0.05, 0) is 55.2 Å². The van der Waals surface area contributed by atoms with E-state index in [0.717, 1.165) is 49.7 Å². The van der Waals surface area contributed by atoms with E-state index >= 15 is 0 Å². The van der Waals surface area contributed by atoms with Crippen LogP contribution < -0.4 is 19.8 Å². The van der Waals surface area contributed by atoms with Crippen molar-refractivity contribution in [1.82, 2.24) is 4.57 Å². The van der Waals surface area contributed by atoms with Gasteiger partial charge in [0.25, 0.3) is 5.56 Å². The Labute approximate surface area is 239 Å². The highest BCUT2D eigenvalue weighted by molar-refractivity contribution is 7.07. The molecule has 212 valence electrons. The average molecular weight is 562 g/mol. The van der Waals surface area contributed by atoms with Crippen LogP contribution in [-0.4, -0.2) is 30.2 Å². The summed E-state index contributed by atoms with van der Waals surface area (Å²) in [6.07, 6.45) is 5.54. The minimum absolute atomic E-state index is 0.191. The molecule has 8 heteroatoms. The zero-order valence-corrected chi connectivity index (χ0v) is 24.9. The summed E-state index contributed by atoms with van der Waals surface area (Å²) >= 11 is 1.33. The summed E-state index contributed by atoms with van der Waals surface area (Å²) in [5.41, 5.74) is 3.00. The first-order valence-electron chi connectivity index (χ1n) is 14.5. The molecule has 0 N–H and O–H groups in total. The summed E-state index contributed by atoms with van der Waals surface area (Å²) in [5, 5.41) is 0. The van der Waals surface area contributed by atoms with Gasteiger partial charge in [0, 0.05) is 25.2 Å². The molecule has 0 saturated carbocycles. The van der Waals surface area contributed by atoms with E-state index in [9.17, 15) is 9.59 Å². The van der Waals surface area contributed by atoms with Crippen molar-refractivity contribution in [2.45, 2.75) is 72.3 Å². The zero-order valence-electron chi connectivity index (χ0n) is 24.1. The summed E-state index contributed by atoms with van der Waals surface area (Å²) in [4.78, 5) is 35.0. The van der Waals surface area contributed by atoms with Gasteiger partial charge in [-0.15, -0.1) is 0 Å². The number of piperidine rings is 1. The maximum atomic E-state index is 14.0. The Bertz CT molecular complexity index is 1570. The number of allylic oxidation sites excluding steroid dienone is 1. The molecule has 1 fully saturated rings. The third-order valence-corrected chi connectivity index (χ3v) is 8.78. The van der Waals surface area contributed by atoms with Gasteiger partial charge in [0.05, 0.1) is 28.5 Å². The minimum atomic E-state index is -0.609. The molecule has 0 bridgehead atoms. The Morgan fingerprint density at radius 3 is 2.52 bits per heavy atom. The number of rotatable bonds is 8. The van der Waals surface area contributed by atoms with Gasteiger partial charge in [0.15, 0.2) is 10.7 Å². The summed E-state index contributed by atoms with van der Waals surface area (Å²) < 4.78 is 13.8. The van der Waals surface area contributed by atoms with Crippen LogP contribution in [0.5, 0.6) is 0 Å². The molecular weight excluding hydrogens is 522 g/mol. The molecular formula is C32H39N3O4S. The first kappa shape index (κ1) is 28.1. The molecule has 5 rings (SSSR count). The number of aromatic nitrogens is 1. The lowest BCUT2D eigenvalue weighted by Gasteiger charge is -2.29. The number of carbonyl (C=O) groups is 1. The first-order valence-corrected chi connectivity index (χ1v) is 15.3. The standard InChI is InChI=1S/C32H39N3O4S/c1-6-8-25-28(31(37)38-7-2)29(23-11-9-22(10-12-23)20(3)4)35-30(36)26(40-32(35)33-25)19-24-13-14-27(39-24)34-17-15-21(5)16-18-34/h9-14,19-21,29H,6-8,15-18H2,1-5H3/b26-19+/t29-/m0/s1. The van der Waals surface area contributed by atoms with E-state index < -0.39 is 12.0 Å². The third kappa shape index (κ3) is 5.59. The van der Waals surface area contributed by atoms with Crippen molar-refractivity contribution in [3.63, 3.8) is 0 Å². The fraction of sp³-hybridized carbons (Fsp3) is 0.469. The highest BCUT2D eigenvalue weighted by Crippen LogP contribution is 2.33. The van der Waals surface area contributed by atoms with Gasteiger partial charge in [-0.1, -0.05) is 69.7 Å². The molecule has 3 aromatic rings. The van der Waals surface area contributed by atoms with E-state index in [4.69, 9.17) is 14.1 Å². The molecule has 0 radical (unpaired) electrons. The van der Waals surface area contributed by atoms with Crippen LogP contribution >= 0.6 is 11.3 Å². The van der Waals surface area contributed by atoms with Crippen LogP contribution in [0, 0.1) is 5.92 Å². The highest BCUT2D eigenvalue weighted by Gasteiger charge is 2.34. The fourth-order valence-electron chi connectivity index (χ4n) is 5.45. The van der Waals surface area contributed by atoms with Gasteiger partial charge >= 0.3 is 5.97 Å². The molecule has 2 aliphatic rings. The highest BCUT2D eigenvalue weighted by atomic mass is 32.1. The second-order valence-electron chi connectivity index (χ2n) is 11.1. The summed E-state index contributed by atoms with van der Waals surface area (Å²) in [6, 6.07) is 11.5. The molecule has 4 heterocycles. The van der Waals surface area contributed by atoms with Crippen molar-refractivity contribution < 1.29 is 13.9 Å². The second kappa shape index (κ2) is 12.0. The van der Waals surface area contributed by atoms with Gasteiger partial charge in [0.2, 0.25) is 0 Å². The zero-order chi connectivity index (χ0) is 28.4. The largest absolute Gasteiger partial charge is 0.463 e. The van der Waals surface area contributed by atoms with E-state index in [1.54, 1.807) is 17.6 Å². The van der Waals surface area contributed by atoms with Crippen molar-refractivity contribution in [3.8, 4) is 0 Å². The molecule has 0 spiro atoms. The predicted molar refractivity (Wildman–Crippen MR) is 159 cm³/mol. The van der Waals surface area contributed by atoms with E-state index in [1.807, 2.05) is 24.3 Å². The lowest BCUT2D eigenvalue weighted by molar-refractivity contribution is -0.139. The van der Waals surface area contributed by atoms with Crippen molar-refractivity contribution in [3.05, 3.63) is 84.2 Å². The van der Waals surface area contributed by atoms with Crippen LogP contribution in [0.15, 0.2) is 61.9 Å². The van der Waals surface area contributed by atoms with Gasteiger partial charge in [-0.2, -0.15) is 0 Å². The van der Waals surface area contributed by atoms with Gasteiger partial charge in [-0.25, -0.2) is 9.79 Å². The predicted octanol–water partition coefficient (Wildman–Crippen LogP) is 5.53. The van der Waals surface area contributed by atoms with E-state index in [-0.39, 0.29) is 12.2 Å². The smallest absolute Gasteiger partial charge is 0.338 e. The molecule has 40 heavy (non-hydrogen) atoms. The van der Waals surface area contributed by atoms with Crippen LogP contribution in [0.4, 0.5) is 5.88 Å². The average Bonchev–Trinajstić information content (AvgIpc) is 3.53. The maximum absolute atomic E-state index is 14.0. The van der Waals surface area contributed by atoms with Crippen LogP contribution in [0.3, 0.4) is 0 Å².